The Morgan fingerprint density at radius 3 is 2.48 bits per heavy atom. The summed E-state index contributed by atoms with van der Waals surface area (Å²) >= 11 is 2.35. The normalized spacial score (nSPS) is 15.9. The van der Waals surface area contributed by atoms with Gasteiger partial charge in [-0.25, -0.2) is 4.39 Å². The maximum Gasteiger partial charge on any atom is 0.301 e. The number of carbonyl (C=O) groups is 2. The molecule has 0 aliphatic carbocycles. The molecule has 1 atom stereocenters. The van der Waals surface area contributed by atoms with Crippen molar-refractivity contribution in [3.05, 3.63) is 94.8 Å². The fraction of sp³-hybridized carbons (Fsp3) is 0.250. The summed E-state index contributed by atoms with van der Waals surface area (Å²) in [5, 5.41) is 20.0. The van der Waals surface area contributed by atoms with E-state index in [2.05, 4.69) is 17.1 Å². The Morgan fingerprint density at radius 2 is 1.77 bits per heavy atom. The zero-order chi connectivity index (χ0) is 31.2. The number of ketones is 1. The van der Waals surface area contributed by atoms with Crippen molar-refractivity contribution in [1.82, 2.24) is 10.2 Å². The van der Waals surface area contributed by atoms with Crippen LogP contribution in [0.3, 0.4) is 0 Å². The zero-order valence-corrected chi connectivity index (χ0v) is 25.9. The van der Waals surface area contributed by atoms with Crippen LogP contribution in [-0.4, -0.2) is 47.8 Å². The number of ether oxygens (including phenoxy) is 3. The third kappa shape index (κ3) is 6.41. The summed E-state index contributed by atoms with van der Waals surface area (Å²) in [5.41, 5.74) is 1.22. The van der Waals surface area contributed by atoms with Crippen molar-refractivity contribution in [2.24, 2.45) is 0 Å². The molecule has 0 spiro atoms. The summed E-state index contributed by atoms with van der Waals surface area (Å²) in [6.45, 7) is 2.64. The summed E-state index contributed by atoms with van der Waals surface area (Å²) in [7, 11) is 2.98. The van der Waals surface area contributed by atoms with Crippen LogP contribution in [0.15, 0.2) is 76.6 Å². The molecule has 0 bridgehead atoms. The number of aromatic nitrogens is 2. The fourth-order valence-corrected chi connectivity index (χ4v) is 6.53. The predicted octanol–water partition coefficient (Wildman–Crippen LogP) is 6.79. The summed E-state index contributed by atoms with van der Waals surface area (Å²) in [6.07, 6.45) is 1.90. The maximum absolute atomic E-state index is 14.2. The Balaban J connectivity index is 1.54. The lowest BCUT2D eigenvalue weighted by Crippen LogP contribution is -2.29. The van der Waals surface area contributed by atoms with Crippen molar-refractivity contribution in [3.8, 4) is 17.2 Å². The molecule has 12 heteroatoms. The minimum Gasteiger partial charge on any atom is -0.507 e. The Bertz CT molecular complexity index is 1690. The van der Waals surface area contributed by atoms with Gasteiger partial charge < -0.3 is 19.3 Å². The van der Waals surface area contributed by atoms with E-state index in [-0.39, 0.29) is 22.3 Å². The van der Waals surface area contributed by atoms with Crippen LogP contribution in [0.2, 0.25) is 0 Å². The SMILES string of the molecule is CCCCOc1ccc(C(O)=C2C(=O)C(=O)N(c3nnc(SCc4ccccc4F)s3)[C@@H]2c2ccc(OC)c(OC)c2)cc1. The molecule has 1 aromatic heterocycles. The van der Waals surface area contributed by atoms with Gasteiger partial charge in [0.25, 0.3) is 5.78 Å². The van der Waals surface area contributed by atoms with Crippen molar-refractivity contribution < 1.29 is 33.3 Å². The molecule has 1 saturated heterocycles. The number of thioether (sulfide) groups is 1. The van der Waals surface area contributed by atoms with E-state index in [9.17, 15) is 19.1 Å². The van der Waals surface area contributed by atoms with Gasteiger partial charge in [-0.05, 0) is 60.0 Å². The molecule has 2 heterocycles. The van der Waals surface area contributed by atoms with Crippen LogP contribution in [0.1, 0.15) is 42.5 Å². The van der Waals surface area contributed by atoms with Crippen molar-refractivity contribution in [2.45, 2.75) is 35.9 Å². The van der Waals surface area contributed by atoms with E-state index in [1.165, 1.54) is 36.9 Å². The molecule has 1 N–H and O–H groups in total. The van der Waals surface area contributed by atoms with Crippen molar-refractivity contribution >= 4 is 45.7 Å². The van der Waals surface area contributed by atoms with Gasteiger partial charge >= 0.3 is 5.91 Å². The molecule has 1 fully saturated rings. The van der Waals surface area contributed by atoms with Crippen molar-refractivity contribution in [1.29, 1.82) is 0 Å². The number of anilines is 1. The van der Waals surface area contributed by atoms with Crippen LogP contribution in [0, 0.1) is 5.82 Å². The first kappa shape index (κ1) is 31.0. The van der Waals surface area contributed by atoms with Crippen LogP contribution in [0.4, 0.5) is 9.52 Å². The molecule has 9 nitrogen and oxygen atoms in total. The molecule has 0 saturated carbocycles. The number of methoxy groups -OCH3 is 2. The molecule has 3 aromatic carbocycles. The lowest BCUT2D eigenvalue weighted by atomic mass is 9.95. The standard InChI is InChI=1S/C32H30FN3O6S2/c1-4-5-16-42-22-13-10-19(11-14-22)28(37)26-27(20-12-15-24(40-2)25(17-20)41-3)36(30(39)29(26)38)31-34-35-32(44-31)43-18-21-8-6-7-9-23(21)33/h6-15,17,27,37H,4-5,16,18H2,1-3H3/t27-/m1/s1. The molecule has 0 unspecified atom stereocenters. The summed E-state index contributed by atoms with van der Waals surface area (Å²) in [5.74, 6) is -0.654. The number of benzene rings is 3. The number of halogens is 1. The van der Waals surface area contributed by atoms with Gasteiger partial charge in [0.15, 0.2) is 15.8 Å². The number of hydrogen-bond acceptors (Lipinski definition) is 10. The van der Waals surface area contributed by atoms with E-state index in [0.717, 1.165) is 24.2 Å². The lowest BCUT2D eigenvalue weighted by molar-refractivity contribution is -0.132. The number of hydrogen-bond donors (Lipinski definition) is 1. The van der Waals surface area contributed by atoms with E-state index in [1.807, 2.05) is 0 Å². The lowest BCUT2D eigenvalue weighted by Gasteiger charge is -2.23. The third-order valence-corrected chi connectivity index (χ3v) is 9.08. The zero-order valence-electron chi connectivity index (χ0n) is 24.3. The Hall–Kier alpha value is -4.42. The molecule has 1 aliphatic heterocycles. The number of nitrogens with zero attached hydrogens (tertiary/aromatic N) is 3. The van der Waals surface area contributed by atoms with Gasteiger partial charge in [0, 0.05) is 11.3 Å². The Labute approximate surface area is 262 Å². The predicted molar refractivity (Wildman–Crippen MR) is 167 cm³/mol. The van der Waals surface area contributed by atoms with E-state index >= 15 is 0 Å². The van der Waals surface area contributed by atoms with Crippen LogP contribution in [-0.2, 0) is 15.3 Å². The number of rotatable bonds is 12. The second-order valence-corrected chi connectivity index (χ2v) is 11.9. The largest absolute Gasteiger partial charge is 0.507 e. The van der Waals surface area contributed by atoms with Gasteiger partial charge in [0.1, 0.15) is 17.3 Å². The average molecular weight is 636 g/mol. The molecular formula is C32H30FN3O6S2. The van der Waals surface area contributed by atoms with E-state index in [1.54, 1.807) is 60.7 Å². The molecule has 5 rings (SSSR count). The molecule has 1 amide bonds. The van der Waals surface area contributed by atoms with Gasteiger partial charge in [-0.2, -0.15) is 0 Å². The highest BCUT2D eigenvalue weighted by molar-refractivity contribution is 8.00. The Morgan fingerprint density at radius 1 is 1.02 bits per heavy atom. The number of amides is 1. The molecule has 4 aromatic rings. The fourth-order valence-electron chi connectivity index (χ4n) is 4.68. The average Bonchev–Trinajstić information content (AvgIpc) is 3.62. The second-order valence-electron chi connectivity index (χ2n) is 9.74. The highest BCUT2D eigenvalue weighted by Gasteiger charge is 2.48. The first-order valence-electron chi connectivity index (χ1n) is 13.8. The molecule has 0 radical (unpaired) electrons. The number of Topliss-reactive ketones (excluding diaryl/α,β-unsaturated/α-hetero) is 1. The van der Waals surface area contributed by atoms with E-state index < -0.39 is 17.7 Å². The smallest absolute Gasteiger partial charge is 0.301 e. The highest BCUT2D eigenvalue weighted by Crippen LogP contribution is 2.45. The summed E-state index contributed by atoms with van der Waals surface area (Å²) < 4.78 is 31.2. The third-order valence-electron chi connectivity index (χ3n) is 6.97. The van der Waals surface area contributed by atoms with Crippen LogP contribution in [0.25, 0.3) is 5.76 Å². The molecule has 228 valence electrons. The van der Waals surface area contributed by atoms with Crippen LogP contribution in [0.5, 0.6) is 17.2 Å². The van der Waals surface area contributed by atoms with Crippen LogP contribution < -0.4 is 19.1 Å². The summed E-state index contributed by atoms with van der Waals surface area (Å²) in [6, 6.07) is 17.1. The van der Waals surface area contributed by atoms with Crippen molar-refractivity contribution in [2.75, 3.05) is 25.7 Å². The number of carbonyl (C=O) groups excluding carboxylic acids is 2. The topological polar surface area (TPSA) is 111 Å². The Kier molecular flexibility index (Phi) is 9.81. The monoisotopic (exact) mass is 635 g/mol. The van der Waals surface area contributed by atoms with Crippen LogP contribution >= 0.6 is 23.1 Å². The van der Waals surface area contributed by atoms with Crippen molar-refractivity contribution in [3.63, 3.8) is 0 Å². The van der Waals surface area contributed by atoms with E-state index in [0.29, 0.717) is 50.6 Å². The number of aliphatic hydroxyl groups excluding tert-OH is 1. The molecule has 1 aliphatic rings. The first-order chi connectivity index (χ1) is 21.4. The minimum absolute atomic E-state index is 0.113. The quantitative estimate of drug-likeness (QED) is 0.0449. The van der Waals surface area contributed by atoms with Gasteiger partial charge in [0.2, 0.25) is 5.13 Å². The van der Waals surface area contributed by atoms with Gasteiger partial charge in [-0.1, -0.05) is 60.7 Å². The molecule has 44 heavy (non-hydrogen) atoms. The van der Waals surface area contributed by atoms with Gasteiger partial charge in [-0.3, -0.25) is 14.5 Å². The summed E-state index contributed by atoms with van der Waals surface area (Å²) in [4.78, 5) is 28.4. The minimum atomic E-state index is -1.05. The highest BCUT2D eigenvalue weighted by atomic mass is 32.2. The first-order valence-corrected chi connectivity index (χ1v) is 15.6. The van der Waals surface area contributed by atoms with Gasteiger partial charge in [-0.15, -0.1) is 10.2 Å². The molecular weight excluding hydrogens is 605 g/mol. The number of aliphatic hydroxyl groups is 1. The van der Waals surface area contributed by atoms with Gasteiger partial charge in [0.05, 0.1) is 32.4 Å². The number of unbranched alkanes of at least 4 members (excludes halogenated alkanes) is 1. The maximum atomic E-state index is 14.2. The van der Waals surface area contributed by atoms with E-state index in [4.69, 9.17) is 14.2 Å². The second kappa shape index (κ2) is 13.9.